The van der Waals surface area contributed by atoms with Crippen LogP contribution in [0.2, 0.25) is 0 Å². The Morgan fingerprint density at radius 3 is 2.53 bits per heavy atom. The van der Waals surface area contributed by atoms with Crippen LogP contribution in [-0.4, -0.2) is 42.6 Å². The smallest absolute Gasteiger partial charge is 0.218 e. The number of nitrogens with one attached hydrogen (secondary N) is 1. The molecule has 0 aliphatic carbocycles. The van der Waals surface area contributed by atoms with E-state index in [1.165, 1.54) is 15.6 Å². The van der Waals surface area contributed by atoms with Crippen LogP contribution in [0.25, 0.3) is 0 Å². The Hall–Kier alpha value is -0.500. The second-order valence-corrected chi connectivity index (χ2v) is 8.55. The van der Waals surface area contributed by atoms with Crippen molar-refractivity contribution in [2.24, 2.45) is 0 Å². The van der Waals surface area contributed by atoms with E-state index in [9.17, 15) is 8.42 Å². The van der Waals surface area contributed by atoms with Gasteiger partial charge in [0.1, 0.15) is 0 Å². The number of rotatable bonds is 7. The number of nitrogens with zero attached hydrogens (tertiary/aromatic N) is 2. The molecule has 1 aromatic rings. The van der Waals surface area contributed by atoms with Gasteiger partial charge in [-0.1, -0.05) is 13.8 Å². The van der Waals surface area contributed by atoms with Gasteiger partial charge < -0.3 is 5.32 Å². The van der Waals surface area contributed by atoms with Gasteiger partial charge in [0.2, 0.25) is 10.0 Å². The quantitative estimate of drug-likeness (QED) is 0.831. The number of sulfonamides is 1. The molecule has 0 amide bonds. The van der Waals surface area contributed by atoms with E-state index in [1.54, 1.807) is 14.0 Å². The summed E-state index contributed by atoms with van der Waals surface area (Å²) in [5, 5.41) is 5.57. The van der Waals surface area contributed by atoms with E-state index < -0.39 is 15.3 Å². The summed E-state index contributed by atoms with van der Waals surface area (Å²) in [5.41, 5.74) is 0.803. The van der Waals surface area contributed by atoms with Gasteiger partial charge in [0, 0.05) is 25.0 Å². The molecule has 0 saturated heterocycles. The molecule has 19 heavy (non-hydrogen) atoms. The molecular formula is C12H23N3O2S2. The molecule has 1 aromatic heterocycles. The first-order valence-electron chi connectivity index (χ1n) is 6.33. The van der Waals surface area contributed by atoms with E-state index in [0.717, 1.165) is 10.7 Å². The largest absolute Gasteiger partial charge is 0.313 e. The van der Waals surface area contributed by atoms with Crippen LogP contribution < -0.4 is 5.32 Å². The fourth-order valence-electron chi connectivity index (χ4n) is 1.61. The lowest BCUT2D eigenvalue weighted by Gasteiger charge is -2.22. The van der Waals surface area contributed by atoms with Crippen molar-refractivity contribution in [2.75, 3.05) is 13.6 Å². The molecule has 1 unspecified atom stereocenters. The van der Waals surface area contributed by atoms with Gasteiger partial charge in [-0.25, -0.2) is 13.4 Å². The zero-order valence-electron chi connectivity index (χ0n) is 12.2. The highest BCUT2D eigenvalue weighted by Gasteiger charge is 2.26. The fourth-order valence-corrected chi connectivity index (χ4v) is 3.45. The van der Waals surface area contributed by atoms with Crippen LogP contribution in [0.5, 0.6) is 0 Å². The third kappa shape index (κ3) is 4.83. The first-order valence-corrected chi connectivity index (χ1v) is 8.71. The van der Waals surface area contributed by atoms with Crippen LogP contribution >= 0.6 is 11.3 Å². The van der Waals surface area contributed by atoms with Crippen molar-refractivity contribution in [2.45, 2.75) is 45.5 Å². The Labute approximate surface area is 120 Å². The van der Waals surface area contributed by atoms with Crippen molar-refractivity contribution in [3.63, 3.8) is 0 Å². The minimum absolute atomic E-state index is 0.282. The number of hydrogen-bond acceptors (Lipinski definition) is 5. The third-order valence-electron chi connectivity index (χ3n) is 2.81. The highest BCUT2D eigenvalue weighted by Crippen LogP contribution is 2.14. The summed E-state index contributed by atoms with van der Waals surface area (Å²) in [4.78, 5) is 4.29. The van der Waals surface area contributed by atoms with Crippen LogP contribution in [-0.2, 0) is 16.6 Å². The maximum atomic E-state index is 12.3. The number of thiazole rings is 1. The Bertz CT molecular complexity index is 497. The highest BCUT2D eigenvalue weighted by molar-refractivity contribution is 7.89. The molecule has 5 nitrogen and oxygen atoms in total. The topological polar surface area (TPSA) is 62.3 Å². The van der Waals surface area contributed by atoms with Gasteiger partial charge in [0.25, 0.3) is 0 Å². The Morgan fingerprint density at radius 1 is 1.42 bits per heavy atom. The number of hydrogen-bond donors (Lipinski definition) is 1. The molecule has 7 heteroatoms. The third-order valence-corrected chi connectivity index (χ3v) is 5.81. The van der Waals surface area contributed by atoms with Crippen LogP contribution in [0.3, 0.4) is 0 Å². The maximum absolute atomic E-state index is 12.3. The van der Waals surface area contributed by atoms with Gasteiger partial charge >= 0.3 is 0 Å². The zero-order chi connectivity index (χ0) is 14.6. The van der Waals surface area contributed by atoms with E-state index >= 15 is 0 Å². The van der Waals surface area contributed by atoms with Gasteiger partial charge in [-0.3, -0.25) is 0 Å². The molecule has 0 aromatic carbocycles. The van der Waals surface area contributed by atoms with Gasteiger partial charge in [-0.15, -0.1) is 11.3 Å². The predicted octanol–water partition coefficient (Wildman–Crippen LogP) is 1.60. The van der Waals surface area contributed by atoms with E-state index in [-0.39, 0.29) is 6.04 Å². The van der Waals surface area contributed by atoms with Gasteiger partial charge in [-0.05, 0) is 13.8 Å². The molecule has 0 radical (unpaired) electrons. The molecule has 0 bridgehead atoms. The first kappa shape index (κ1) is 16.6. The average Bonchev–Trinajstić information content (AvgIpc) is 2.71. The molecule has 1 N–H and O–H groups in total. The van der Waals surface area contributed by atoms with Crippen molar-refractivity contribution in [3.05, 3.63) is 16.1 Å². The van der Waals surface area contributed by atoms with Crippen molar-refractivity contribution in [1.29, 1.82) is 0 Å². The highest BCUT2D eigenvalue weighted by atomic mass is 32.2. The second kappa shape index (κ2) is 6.78. The maximum Gasteiger partial charge on any atom is 0.218 e. The summed E-state index contributed by atoms with van der Waals surface area (Å²) < 4.78 is 26.0. The summed E-state index contributed by atoms with van der Waals surface area (Å²) in [5.74, 6) is 0. The van der Waals surface area contributed by atoms with Crippen molar-refractivity contribution in [1.82, 2.24) is 14.6 Å². The van der Waals surface area contributed by atoms with E-state index in [0.29, 0.717) is 13.1 Å². The molecule has 0 fully saturated rings. The van der Waals surface area contributed by atoms with Crippen molar-refractivity contribution in [3.8, 4) is 0 Å². The summed E-state index contributed by atoms with van der Waals surface area (Å²) in [6.45, 7) is 8.44. The van der Waals surface area contributed by atoms with Gasteiger partial charge in [0.05, 0.1) is 22.5 Å². The summed E-state index contributed by atoms with van der Waals surface area (Å²) >= 11 is 1.53. The van der Waals surface area contributed by atoms with Crippen molar-refractivity contribution < 1.29 is 8.42 Å². The van der Waals surface area contributed by atoms with Gasteiger partial charge in [-0.2, -0.15) is 4.31 Å². The second-order valence-electron chi connectivity index (χ2n) is 5.03. The molecule has 0 saturated carbocycles. The SMILES string of the molecule is Cc1nc(CN(C)S(=O)(=O)C(C)CNC(C)C)cs1. The number of aromatic nitrogens is 1. The Kier molecular flexibility index (Phi) is 5.91. The van der Waals surface area contributed by atoms with E-state index in [2.05, 4.69) is 10.3 Å². The van der Waals surface area contributed by atoms with Crippen LogP contribution in [0.4, 0.5) is 0 Å². The van der Waals surface area contributed by atoms with Crippen molar-refractivity contribution >= 4 is 21.4 Å². The number of aryl methyl sites for hydroxylation is 1. The predicted molar refractivity (Wildman–Crippen MR) is 79.8 cm³/mol. The van der Waals surface area contributed by atoms with E-state index in [1.807, 2.05) is 26.2 Å². The Morgan fingerprint density at radius 2 is 2.05 bits per heavy atom. The zero-order valence-corrected chi connectivity index (χ0v) is 13.8. The molecule has 1 rings (SSSR count). The summed E-state index contributed by atoms with van der Waals surface area (Å²) in [6, 6.07) is 0.282. The standard InChI is InChI=1S/C12H23N3O2S2/c1-9(2)13-6-10(3)19(16,17)15(5)7-12-8-18-11(4)14-12/h8-10,13H,6-7H2,1-5H3. The Balaban J connectivity index is 2.65. The monoisotopic (exact) mass is 305 g/mol. The minimum atomic E-state index is -3.29. The molecule has 110 valence electrons. The molecule has 0 spiro atoms. The van der Waals surface area contributed by atoms with Crippen LogP contribution in [0, 0.1) is 6.92 Å². The summed E-state index contributed by atoms with van der Waals surface area (Å²) in [7, 11) is -1.68. The van der Waals surface area contributed by atoms with Gasteiger partial charge in [0.15, 0.2) is 0 Å². The van der Waals surface area contributed by atoms with Crippen LogP contribution in [0.15, 0.2) is 5.38 Å². The average molecular weight is 305 g/mol. The normalized spacial score (nSPS) is 14.3. The lowest BCUT2D eigenvalue weighted by molar-refractivity contribution is 0.447. The lowest BCUT2D eigenvalue weighted by Crippen LogP contribution is -2.41. The molecule has 1 atom stereocenters. The van der Waals surface area contributed by atoms with Crippen LogP contribution in [0.1, 0.15) is 31.5 Å². The fraction of sp³-hybridized carbons (Fsp3) is 0.750. The molecule has 0 aliphatic heterocycles. The lowest BCUT2D eigenvalue weighted by atomic mass is 10.3. The first-order chi connectivity index (χ1) is 8.73. The summed E-state index contributed by atoms with van der Waals surface area (Å²) in [6.07, 6.45) is 0. The molecule has 0 aliphatic rings. The molecular weight excluding hydrogens is 282 g/mol. The minimum Gasteiger partial charge on any atom is -0.313 e. The molecule has 1 heterocycles. The van der Waals surface area contributed by atoms with E-state index in [4.69, 9.17) is 0 Å².